The van der Waals surface area contributed by atoms with E-state index in [1.54, 1.807) is 43.0 Å². The van der Waals surface area contributed by atoms with E-state index in [0.717, 1.165) is 71.9 Å². The van der Waals surface area contributed by atoms with E-state index in [0.29, 0.717) is 58.1 Å². The minimum Gasteiger partial charge on any atom is -0.508 e. The number of aromatic hydroxyl groups is 1. The van der Waals surface area contributed by atoms with Crippen LogP contribution in [0.4, 0.5) is 0 Å². The van der Waals surface area contributed by atoms with Crippen molar-refractivity contribution >= 4 is 40.7 Å². The monoisotopic (exact) mass is 1150 g/mol. The van der Waals surface area contributed by atoms with Gasteiger partial charge in [-0.25, -0.2) is 0 Å². The summed E-state index contributed by atoms with van der Waals surface area (Å²) in [6, 6.07) is 41.6. The summed E-state index contributed by atoms with van der Waals surface area (Å²) in [4.78, 5) is 72.6. The molecule has 1 heterocycles. The van der Waals surface area contributed by atoms with Gasteiger partial charge in [0.25, 0.3) is 0 Å². The van der Waals surface area contributed by atoms with Crippen molar-refractivity contribution in [1.82, 2.24) is 31.1 Å². The van der Waals surface area contributed by atoms with Crippen molar-refractivity contribution in [3.05, 3.63) is 167 Å². The van der Waals surface area contributed by atoms with Crippen LogP contribution >= 0.6 is 0 Å². The number of hydrogen-bond acceptors (Lipinski definition) is 12. The number of likely N-dealkylation sites (tertiary alicyclic amines) is 1. The number of likely N-dealkylation sites (N-methyl/N-ethyl adjacent to an activating group) is 2. The van der Waals surface area contributed by atoms with Gasteiger partial charge in [-0.05, 0) is 115 Å². The quantitative estimate of drug-likeness (QED) is 0.0202. The molecule has 1 saturated carbocycles. The first-order valence-electron chi connectivity index (χ1n) is 29.8. The number of allylic oxidation sites excluding steroid dienone is 1. The van der Waals surface area contributed by atoms with Gasteiger partial charge in [0, 0.05) is 26.1 Å². The summed E-state index contributed by atoms with van der Waals surface area (Å²) in [5.41, 5.74) is 7.12. The van der Waals surface area contributed by atoms with Crippen LogP contribution in [0.1, 0.15) is 98.9 Å². The van der Waals surface area contributed by atoms with Gasteiger partial charge in [-0.3, -0.25) is 24.0 Å². The maximum Gasteiger partial charge on any atom is 0.248 e. The second kappa shape index (κ2) is 34.4. The Morgan fingerprint density at radius 1 is 0.631 bits per heavy atom. The van der Waals surface area contributed by atoms with Crippen LogP contribution in [0.5, 0.6) is 11.5 Å². The molecule has 17 nitrogen and oxygen atoms in total. The molecule has 7 rings (SSSR count). The fourth-order valence-corrected chi connectivity index (χ4v) is 10.9. The van der Waals surface area contributed by atoms with Crippen molar-refractivity contribution < 1.29 is 52.8 Å². The van der Waals surface area contributed by atoms with Crippen molar-refractivity contribution in [2.24, 2.45) is 5.92 Å². The predicted molar refractivity (Wildman–Crippen MR) is 325 cm³/mol. The molecule has 5 amide bonds. The first-order chi connectivity index (χ1) is 41.0. The van der Waals surface area contributed by atoms with Gasteiger partial charge in [-0.15, -0.1) is 0 Å². The number of phenolic OH excluding ortho intramolecular Hbond substituents is 1. The molecule has 17 heteroatoms. The molecular weight excluding hydrogens is 1060 g/mol. The second-order valence-corrected chi connectivity index (χ2v) is 21.4. The van der Waals surface area contributed by atoms with Gasteiger partial charge in [-0.2, -0.15) is 0 Å². The Morgan fingerprint density at radius 3 is 1.77 bits per heavy atom. The highest BCUT2D eigenvalue weighted by atomic mass is 16.6. The van der Waals surface area contributed by atoms with Crippen LogP contribution < -0.4 is 26.0 Å². The van der Waals surface area contributed by atoms with Crippen molar-refractivity contribution in [3.63, 3.8) is 0 Å². The molecule has 1 aliphatic carbocycles. The van der Waals surface area contributed by atoms with Gasteiger partial charge >= 0.3 is 0 Å². The maximum atomic E-state index is 14.5. The van der Waals surface area contributed by atoms with Crippen LogP contribution in [0.3, 0.4) is 0 Å². The summed E-state index contributed by atoms with van der Waals surface area (Å²) < 4.78 is 28.7. The lowest BCUT2D eigenvalue weighted by Crippen LogP contribution is -2.59. The summed E-state index contributed by atoms with van der Waals surface area (Å²) in [5, 5.41) is 22.1. The van der Waals surface area contributed by atoms with E-state index in [4.69, 9.17) is 23.7 Å². The molecule has 0 aromatic heterocycles. The largest absolute Gasteiger partial charge is 0.508 e. The summed E-state index contributed by atoms with van der Waals surface area (Å²) in [6.07, 6.45) is 6.54. The van der Waals surface area contributed by atoms with Crippen LogP contribution in [0.15, 0.2) is 140 Å². The molecule has 2 aliphatic rings. The van der Waals surface area contributed by atoms with Gasteiger partial charge in [0.15, 0.2) is 0 Å². The highest BCUT2D eigenvalue weighted by Crippen LogP contribution is 2.36. The highest BCUT2D eigenvalue weighted by Gasteiger charge is 2.43. The van der Waals surface area contributed by atoms with E-state index in [2.05, 4.69) is 40.3 Å². The van der Waals surface area contributed by atoms with E-state index in [-0.39, 0.29) is 69.0 Å². The molecule has 5 aromatic rings. The number of phenols is 1. The van der Waals surface area contributed by atoms with E-state index in [1.165, 1.54) is 5.57 Å². The molecule has 0 spiro atoms. The maximum absolute atomic E-state index is 14.5. The van der Waals surface area contributed by atoms with Gasteiger partial charge in [-0.1, -0.05) is 141 Å². The zero-order valence-corrected chi connectivity index (χ0v) is 49.3. The zero-order valence-electron chi connectivity index (χ0n) is 49.3. The van der Waals surface area contributed by atoms with Gasteiger partial charge in [0.05, 0.1) is 58.8 Å². The number of carbonyl (C=O) groups is 5. The van der Waals surface area contributed by atoms with E-state index < -0.39 is 41.9 Å². The fourth-order valence-electron chi connectivity index (χ4n) is 10.9. The van der Waals surface area contributed by atoms with Crippen molar-refractivity contribution in [2.45, 2.75) is 95.3 Å². The Balaban J connectivity index is 0.796. The number of hydrogen-bond donors (Lipinski definition) is 5. The zero-order chi connectivity index (χ0) is 59.5. The van der Waals surface area contributed by atoms with Crippen molar-refractivity contribution in [2.75, 3.05) is 93.2 Å². The van der Waals surface area contributed by atoms with Crippen molar-refractivity contribution in [1.29, 1.82) is 0 Å². The standard InChI is InChI=1S/C67H86N6O11/c1-5-57(49-19-10-6-11-20-49)60(52-28-32-55(74)33-29-52)53-30-34-56(35-31-53)84-40-38-72(4)59(75)47-83-46-45-82-44-43-81-42-41-80-39-36-69-66(78)63(61(50-21-12-7-13-22-50)51-23-14-8-15-24-51)71-65(77)58-27-18-37-73(58)67(79)62(54-25-16-9-17-26-54)70-64(76)48(2)68-3/h6-8,10-15,19-24,28-35,48,54,58,61-63,68,74H,5,9,16-18,25-27,36-47H2,1-4H3,(H,69,78)(H,70,76)(H,71,77)/b60-57-/t48-,58-,62-,63-/m0/s1. The molecule has 0 radical (unpaired) electrons. The normalized spacial score (nSPS) is 15.8. The molecule has 2 fully saturated rings. The molecule has 5 N–H and O–H groups in total. The van der Waals surface area contributed by atoms with Crippen LogP contribution in [0.25, 0.3) is 11.1 Å². The summed E-state index contributed by atoms with van der Waals surface area (Å²) in [5.74, 6) is -1.19. The Hall–Kier alpha value is -7.41. The Kier molecular flexibility index (Phi) is 26.3. The van der Waals surface area contributed by atoms with Gasteiger partial charge in [0.2, 0.25) is 29.5 Å². The lowest BCUT2D eigenvalue weighted by molar-refractivity contribution is -0.143. The van der Waals surface area contributed by atoms with E-state index >= 15 is 0 Å². The molecule has 4 atom stereocenters. The topological polar surface area (TPSA) is 206 Å². The number of amides is 5. The Labute approximate surface area is 495 Å². The van der Waals surface area contributed by atoms with Gasteiger partial charge < -0.3 is 59.9 Å². The van der Waals surface area contributed by atoms with Gasteiger partial charge in [0.1, 0.15) is 42.8 Å². The first-order valence-corrected chi connectivity index (χ1v) is 29.8. The van der Waals surface area contributed by atoms with Crippen LogP contribution in [-0.2, 0) is 42.9 Å². The number of nitrogens with zero attached hydrogens (tertiary/aromatic N) is 2. The van der Waals surface area contributed by atoms with Crippen LogP contribution in [0, 0.1) is 5.92 Å². The highest BCUT2D eigenvalue weighted by molar-refractivity contribution is 5.99. The summed E-state index contributed by atoms with van der Waals surface area (Å²) in [7, 11) is 3.42. The fraction of sp³-hybridized carbons (Fsp3) is 0.448. The van der Waals surface area contributed by atoms with Crippen molar-refractivity contribution in [3.8, 4) is 11.5 Å². The second-order valence-electron chi connectivity index (χ2n) is 21.4. The third-order valence-corrected chi connectivity index (χ3v) is 15.7. The van der Waals surface area contributed by atoms with Crippen LogP contribution in [-0.4, -0.2) is 162 Å². The molecule has 84 heavy (non-hydrogen) atoms. The summed E-state index contributed by atoms with van der Waals surface area (Å²) >= 11 is 0. The van der Waals surface area contributed by atoms with E-state index in [1.807, 2.05) is 115 Å². The average molecular weight is 1150 g/mol. The molecule has 0 bridgehead atoms. The number of benzene rings is 5. The lowest BCUT2D eigenvalue weighted by Gasteiger charge is -2.36. The molecule has 5 aromatic carbocycles. The number of carbonyl (C=O) groups excluding carboxylic acids is 5. The third-order valence-electron chi connectivity index (χ3n) is 15.7. The molecule has 450 valence electrons. The number of nitrogens with one attached hydrogen (secondary N) is 4. The third kappa shape index (κ3) is 19.1. The molecule has 1 saturated heterocycles. The smallest absolute Gasteiger partial charge is 0.248 e. The average Bonchev–Trinajstić information content (AvgIpc) is 4.03. The lowest BCUT2D eigenvalue weighted by atomic mass is 9.83. The number of ether oxygens (including phenoxy) is 5. The summed E-state index contributed by atoms with van der Waals surface area (Å²) in [6.45, 7) is 6.98. The molecule has 0 unspecified atom stereocenters. The molecular formula is C67H86N6O11. The number of rotatable bonds is 33. The first kappa shape index (κ1) is 64.2. The van der Waals surface area contributed by atoms with E-state index in [9.17, 15) is 29.1 Å². The molecule has 1 aliphatic heterocycles. The SMILES string of the molecule is CC/C(=C(\c1ccc(O)cc1)c1ccc(OCCN(C)C(=O)COCCOCCOCCOCCNC(=O)[C@@H](NC(=O)[C@@H]2CCCN2C(=O)[C@@H](NC(=O)[C@H](C)NC)C2CCCCC2)C(c2ccccc2)c2ccccc2)cc1)c1ccccc1. The minimum absolute atomic E-state index is 0.0307. The Bertz CT molecular complexity index is 2800. The Morgan fingerprint density at radius 2 is 1.19 bits per heavy atom. The minimum atomic E-state index is -1.04. The van der Waals surface area contributed by atoms with Crippen LogP contribution in [0.2, 0.25) is 0 Å². The predicted octanol–water partition coefficient (Wildman–Crippen LogP) is 7.76.